The van der Waals surface area contributed by atoms with Gasteiger partial charge in [-0.1, -0.05) is 45.4 Å². The van der Waals surface area contributed by atoms with Crippen LogP contribution in [0.1, 0.15) is 46.5 Å². The van der Waals surface area contributed by atoms with Gasteiger partial charge in [0.2, 0.25) is 0 Å². The summed E-state index contributed by atoms with van der Waals surface area (Å²) in [5.41, 5.74) is 0. The molecule has 0 radical (unpaired) electrons. The SMILES string of the molecule is CCCC[SH](CCCC)P(=S)(S)CC. The highest BCUT2D eigenvalue weighted by Crippen LogP contribution is 2.72. The fourth-order valence-corrected chi connectivity index (χ4v) is 10.9. The van der Waals surface area contributed by atoms with E-state index in [1.54, 1.807) is 0 Å². The lowest BCUT2D eigenvalue weighted by atomic mass is 10.4. The van der Waals surface area contributed by atoms with E-state index in [0.29, 0.717) is 0 Å². The standard InChI is InChI=1S/C10H25PS3/c1-4-7-9-14(10-8-5-2)11(12,13)6-3/h14H,4-10H2,1-3H3,(H,12,13). The molecule has 0 aliphatic carbocycles. The second-order valence-electron chi connectivity index (χ2n) is 3.64. The lowest BCUT2D eigenvalue weighted by molar-refractivity contribution is 0.878. The van der Waals surface area contributed by atoms with Gasteiger partial charge >= 0.3 is 0 Å². The minimum Gasteiger partial charge on any atom is -0.217 e. The summed E-state index contributed by atoms with van der Waals surface area (Å²) in [6, 6.07) is 0. The first-order chi connectivity index (χ1) is 6.58. The summed E-state index contributed by atoms with van der Waals surface area (Å²) in [5.74, 6) is 2.75. The molecule has 0 saturated heterocycles. The molecule has 0 aromatic rings. The fourth-order valence-electron chi connectivity index (χ4n) is 1.31. The Bertz CT molecular complexity index is 174. The van der Waals surface area contributed by atoms with E-state index in [1.165, 1.54) is 37.2 Å². The Morgan fingerprint density at radius 1 is 1.07 bits per heavy atom. The van der Waals surface area contributed by atoms with Gasteiger partial charge in [0, 0.05) is 4.44 Å². The number of rotatable bonds is 8. The summed E-state index contributed by atoms with van der Waals surface area (Å²) in [4.78, 5) is 0. The van der Waals surface area contributed by atoms with E-state index in [2.05, 4.69) is 20.8 Å². The number of hydrogen-bond donors (Lipinski definition) is 2. The fraction of sp³-hybridized carbons (Fsp3) is 1.00. The average molecular weight is 272 g/mol. The molecule has 0 rings (SSSR count). The van der Waals surface area contributed by atoms with Crippen LogP contribution in [0.3, 0.4) is 0 Å². The number of thiol groups is 2. The molecule has 4 heteroatoms. The van der Waals surface area contributed by atoms with E-state index in [4.69, 9.17) is 24.1 Å². The van der Waals surface area contributed by atoms with E-state index in [0.717, 1.165) is 6.16 Å². The van der Waals surface area contributed by atoms with E-state index in [1.807, 2.05) is 0 Å². The highest BCUT2D eigenvalue weighted by atomic mass is 33.2. The molecule has 0 fully saturated rings. The molecule has 0 aliphatic heterocycles. The molecule has 14 heavy (non-hydrogen) atoms. The molecule has 1 atom stereocenters. The van der Waals surface area contributed by atoms with Crippen molar-refractivity contribution < 1.29 is 0 Å². The molecule has 0 spiro atoms. The molecular formula is C10H25PS3. The first-order valence-electron chi connectivity index (χ1n) is 5.65. The summed E-state index contributed by atoms with van der Waals surface area (Å²) >= 11 is 10.5. The van der Waals surface area contributed by atoms with E-state index >= 15 is 0 Å². The minimum absolute atomic E-state index is 0.0743. The minimum atomic E-state index is -1.25. The zero-order valence-electron chi connectivity index (χ0n) is 9.70. The maximum absolute atomic E-state index is 5.70. The van der Waals surface area contributed by atoms with E-state index < -0.39 is 4.44 Å². The highest BCUT2D eigenvalue weighted by molar-refractivity contribution is 9.01. The Balaban J connectivity index is 4.15. The van der Waals surface area contributed by atoms with Gasteiger partial charge in [-0.2, -0.15) is 0 Å². The van der Waals surface area contributed by atoms with Crippen molar-refractivity contribution in [3.8, 4) is 0 Å². The monoisotopic (exact) mass is 272 g/mol. The molecule has 0 heterocycles. The van der Waals surface area contributed by atoms with Crippen LogP contribution in [0, 0.1) is 0 Å². The van der Waals surface area contributed by atoms with Gasteiger partial charge in [0.1, 0.15) is 0 Å². The number of unbranched alkanes of at least 4 members (excludes halogenated alkanes) is 2. The molecule has 0 saturated carbocycles. The lowest BCUT2D eigenvalue weighted by Gasteiger charge is -2.30. The zero-order valence-corrected chi connectivity index (χ0v) is 13.2. The number of hydrogen-bond acceptors (Lipinski definition) is 1. The third kappa shape index (κ3) is 6.05. The van der Waals surface area contributed by atoms with Crippen LogP contribution in [0.15, 0.2) is 0 Å². The third-order valence-corrected chi connectivity index (χ3v) is 16.4. The van der Waals surface area contributed by atoms with Gasteiger partial charge in [-0.25, -0.2) is 10.5 Å². The summed E-state index contributed by atoms with van der Waals surface area (Å²) < 4.78 is -1.25. The van der Waals surface area contributed by atoms with E-state index in [9.17, 15) is 0 Å². The topological polar surface area (TPSA) is 0 Å². The Hall–Kier alpha value is 1.35. The maximum atomic E-state index is 5.70. The second kappa shape index (κ2) is 8.50. The predicted molar refractivity (Wildman–Crippen MR) is 82.3 cm³/mol. The van der Waals surface area contributed by atoms with Crippen LogP contribution in [0.25, 0.3) is 0 Å². The van der Waals surface area contributed by atoms with Crippen LogP contribution < -0.4 is 0 Å². The van der Waals surface area contributed by atoms with Gasteiger partial charge < -0.3 is 0 Å². The van der Waals surface area contributed by atoms with Crippen molar-refractivity contribution in [2.75, 3.05) is 17.7 Å². The normalized spacial score (nSPS) is 16.4. The van der Waals surface area contributed by atoms with E-state index in [-0.39, 0.29) is 10.5 Å². The molecule has 0 bridgehead atoms. The van der Waals surface area contributed by atoms with Crippen LogP contribution in [-0.2, 0) is 11.8 Å². The summed E-state index contributed by atoms with van der Waals surface area (Å²) in [6.07, 6.45) is 6.46. The quantitative estimate of drug-likeness (QED) is 0.470. The van der Waals surface area contributed by atoms with Crippen molar-refractivity contribution in [2.45, 2.75) is 46.5 Å². The highest BCUT2D eigenvalue weighted by Gasteiger charge is 2.17. The van der Waals surface area contributed by atoms with Crippen molar-refractivity contribution >= 4 is 39.0 Å². The third-order valence-electron chi connectivity index (χ3n) is 2.39. The van der Waals surface area contributed by atoms with Gasteiger partial charge in [-0.15, -0.1) is 12.2 Å². The Labute approximate surface area is 103 Å². The van der Waals surface area contributed by atoms with Crippen molar-refractivity contribution in [1.29, 1.82) is 0 Å². The molecule has 0 nitrogen and oxygen atoms in total. The van der Waals surface area contributed by atoms with Gasteiger partial charge in [0.25, 0.3) is 0 Å². The molecule has 0 aliphatic rings. The molecule has 0 amide bonds. The van der Waals surface area contributed by atoms with Crippen molar-refractivity contribution in [2.24, 2.45) is 0 Å². The second-order valence-corrected chi connectivity index (χ2v) is 17.7. The van der Waals surface area contributed by atoms with Crippen LogP contribution in [0.4, 0.5) is 0 Å². The van der Waals surface area contributed by atoms with Gasteiger partial charge in [0.05, 0.1) is 0 Å². The molecule has 0 N–H and O–H groups in total. The van der Waals surface area contributed by atoms with Crippen molar-refractivity contribution in [3.63, 3.8) is 0 Å². The van der Waals surface area contributed by atoms with Crippen LogP contribution >= 0.6 is 27.2 Å². The zero-order chi connectivity index (χ0) is 11.0. The smallest absolute Gasteiger partial charge is 0.0354 e. The van der Waals surface area contributed by atoms with Gasteiger partial charge in [0.15, 0.2) is 0 Å². The Kier molecular flexibility index (Phi) is 9.32. The average Bonchev–Trinajstić information content (AvgIpc) is 2.17. The Morgan fingerprint density at radius 2 is 1.50 bits per heavy atom. The van der Waals surface area contributed by atoms with Crippen LogP contribution in [0.5, 0.6) is 0 Å². The van der Waals surface area contributed by atoms with Gasteiger partial charge in [-0.3, -0.25) is 0 Å². The molecular weight excluding hydrogens is 247 g/mol. The van der Waals surface area contributed by atoms with Crippen molar-refractivity contribution in [1.82, 2.24) is 0 Å². The first kappa shape index (κ1) is 15.3. The Morgan fingerprint density at radius 3 is 1.79 bits per heavy atom. The molecule has 0 aromatic carbocycles. The maximum Gasteiger partial charge on any atom is 0.0354 e. The molecule has 0 aromatic heterocycles. The first-order valence-corrected chi connectivity index (χ1v) is 12.2. The largest absolute Gasteiger partial charge is 0.217 e. The van der Waals surface area contributed by atoms with Crippen molar-refractivity contribution in [3.05, 3.63) is 0 Å². The summed E-state index contributed by atoms with van der Waals surface area (Å²) in [7, 11) is 0.0743. The van der Waals surface area contributed by atoms with Gasteiger partial charge in [-0.05, 0) is 30.5 Å². The van der Waals surface area contributed by atoms with Crippen LogP contribution in [-0.4, -0.2) is 17.7 Å². The summed E-state index contributed by atoms with van der Waals surface area (Å²) in [6.45, 7) is 6.75. The molecule has 1 unspecified atom stereocenters. The predicted octanol–water partition coefficient (Wildman–Crippen LogP) is 4.85. The lowest BCUT2D eigenvalue weighted by Crippen LogP contribution is -1.95. The van der Waals surface area contributed by atoms with Crippen LogP contribution in [0.2, 0.25) is 0 Å². The molecule has 88 valence electrons. The summed E-state index contributed by atoms with van der Waals surface area (Å²) in [5, 5.41) is 0.